The molecular weight excluding hydrogens is 254 g/mol. The molecule has 1 saturated heterocycles. The van der Waals surface area contributed by atoms with Gasteiger partial charge in [0, 0.05) is 13.1 Å². The Labute approximate surface area is 118 Å². The number of anilines is 1. The minimum Gasteiger partial charge on any atom is -0.355 e. The second-order valence-electron chi connectivity index (χ2n) is 5.36. The van der Waals surface area contributed by atoms with E-state index in [1.165, 1.54) is 17.5 Å². The lowest BCUT2D eigenvalue weighted by atomic mass is 9.97. The zero-order valence-corrected chi connectivity index (χ0v) is 11.9. The Hall–Kier alpha value is -1.76. The SMILES string of the molecule is CCCN(CC1CCNCC1)c1ccc2nnnn2n1. The smallest absolute Gasteiger partial charge is 0.200 e. The molecule has 0 spiro atoms. The van der Waals surface area contributed by atoms with E-state index in [1.807, 2.05) is 12.1 Å². The number of hydrogen-bond acceptors (Lipinski definition) is 6. The lowest BCUT2D eigenvalue weighted by molar-refractivity contribution is 0.372. The summed E-state index contributed by atoms with van der Waals surface area (Å²) in [6.45, 7) is 6.54. The highest BCUT2D eigenvalue weighted by Crippen LogP contribution is 2.18. The van der Waals surface area contributed by atoms with Crippen molar-refractivity contribution < 1.29 is 0 Å². The summed E-state index contributed by atoms with van der Waals surface area (Å²) in [6.07, 6.45) is 3.60. The summed E-state index contributed by atoms with van der Waals surface area (Å²) in [6, 6.07) is 3.94. The first-order valence-electron chi connectivity index (χ1n) is 7.38. The molecule has 1 N–H and O–H groups in total. The molecule has 0 atom stereocenters. The molecule has 2 aromatic heterocycles. The molecule has 0 bridgehead atoms. The molecule has 7 nitrogen and oxygen atoms in total. The number of nitrogens with one attached hydrogen (secondary N) is 1. The number of hydrogen-bond donors (Lipinski definition) is 1. The van der Waals surface area contributed by atoms with Gasteiger partial charge in [-0.1, -0.05) is 6.92 Å². The minimum atomic E-state index is 0.687. The molecule has 0 unspecified atom stereocenters. The van der Waals surface area contributed by atoms with E-state index in [-0.39, 0.29) is 0 Å². The fourth-order valence-corrected chi connectivity index (χ4v) is 2.75. The number of fused-ring (bicyclic) bond motifs is 1. The van der Waals surface area contributed by atoms with Crippen molar-refractivity contribution in [3.05, 3.63) is 12.1 Å². The van der Waals surface area contributed by atoms with Crippen LogP contribution in [0.3, 0.4) is 0 Å². The van der Waals surface area contributed by atoms with E-state index >= 15 is 0 Å². The van der Waals surface area contributed by atoms with Crippen molar-refractivity contribution in [2.75, 3.05) is 31.1 Å². The normalized spacial score (nSPS) is 16.6. The van der Waals surface area contributed by atoms with Gasteiger partial charge in [0.25, 0.3) is 0 Å². The van der Waals surface area contributed by atoms with Crippen LogP contribution in [-0.4, -0.2) is 51.4 Å². The first kappa shape index (κ1) is 13.2. The van der Waals surface area contributed by atoms with Crippen LogP contribution in [0.1, 0.15) is 26.2 Å². The van der Waals surface area contributed by atoms with Crippen LogP contribution in [0.2, 0.25) is 0 Å². The van der Waals surface area contributed by atoms with Crippen LogP contribution in [-0.2, 0) is 0 Å². The Bertz CT molecular complexity index is 546. The predicted molar refractivity (Wildman–Crippen MR) is 76.7 cm³/mol. The van der Waals surface area contributed by atoms with Crippen molar-refractivity contribution >= 4 is 11.5 Å². The third-order valence-corrected chi connectivity index (χ3v) is 3.81. The molecule has 3 heterocycles. The van der Waals surface area contributed by atoms with Crippen LogP contribution in [0.25, 0.3) is 5.65 Å². The molecule has 0 radical (unpaired) electrons. The second kappa shape index (κ2) is 6.13. The predicted octanol–water partition coefficient (Wildman–Crippen LogP) is 0.735. The van der Waals surface area contributed by atoms with Crippen LogP contribution in [0, 0.1) is 5.92 Å². The Balaban J connectivity index is 1.77. The number of nitrogens with zero attached hydrogens (tertiary/aromatic N) is 6. The van der Waals surface area contributed by atoms with E-state index in [0.29, 0.717) is 5.65 Å². The molecule has 1 fully saturated rings. The summed E-state index contributed by atoms with van der Waals surface area (Å²) in [5, 5.41) is 19.3. The zero-order valence-electron chi connectivity index (χ0n) is 11.9. The van der Waals surface area contributed by atoms with Crippen molar-refractivity contribution in [1.29, 1.82) is 0 Å². The van der Waals surface area contributed by atoms with Crippen LogP contribution >= 0.6 is 0 Å². The van der Waals surface area contributed by atoms with Crippen molar-refractivity contribution in [2.45, 2.75) is 26.2 Å². The quantitative estimate of drug-likeness (QED) is 0.867. The number of tetrazole rings is 1. The highest BCUT2D eigenvalue weighted by molar-refractivity contribution is 5.44. The lowest BCUT2D eigenvalue weighted by Crippen LogP contribution is -2.37. The van der Waals surface area contributed by atoms with E-state index in [2.05, 4.69) is 37.8 Å². The van der Waals surface area contributed by atoms with Crippen LogP contribution in [0.15, 0.2) is 12.1 Å². The van der Waals surface area contributed by atoms with Gasteiger partial charge in [0.1, 0.15) is 0 Å². The van der Waals surface area contributed by atoms with Crippen LogP contribution in [0.5, 0.6) is 0 Å². The van der Waals surface area contributed by atoms with E-state index in [9.17, 15) is 0 Å². The van der Waals surface area contributed by atoms with E-state index in [0.717, 1.165) is 44.3 Å². The van der Waals surface area contributed by atoms with Gasteiger partial charge in [0.15, 0.2) is 11.5 Å². The van der Waals surface area contributed by atoms with Gasteiger partial charge in [-0.05, 0) is 60.8 Å². The molecular formula is C13H21N7. The van der Waals surface area contributed by atoms with Crippen molar-refractivity contribution in [3.63, 3.8) is 0 Å². The number of piperidine rings is 1. The van der Waals surface area contributed by atoms with Crippen molar-refractivity contribution in [1.82, 2.24) is 30.6 Å². The molecule has 2 aromatic rings. The first-order valence-corrected chi connectivity index (χ1v) is 7.38. The largest absolute Gasteiger partial charge is 0.355 e. The van der Waals surface area contributed by atoms with Gasteiger partial charge in [-0.15, -0.1) is 14.8 Å². The summed E-state index contributed by atoms with van der Waals surface area (Å²) >= 11 is 0. The third-order valence-electron chi connectivity index (χ3n) is 3.81. The highest BCUT2D eigenvalue weighted by atomic mass is 15.6. The topological polar surface area (TPSA) is 71.2 Å². The Morgan fingerprint density at radius 2 is 2.20 bits per heavy atom. The standard InChI is InChI=1S/C13H21N7/c1-2-9-19(10-11-5-7-14-8-6-11)13-4-3-12-15-17-18-20(12)16-13/h3-4,11,14H,2,5-10H2,1H3. The van der Waals surface area contributed by atoms with Gasteiger partial charge in [-0.2, -0.15) is 0 Å². The number of aromatic nitrogens is 5. The van der Waals surface area contributed by atoms with Crippen LogP contribution in [0.4, 0.5) is 5.82 Å². The number of rotatable bonds is 5. The summed E-state index contributed by atoms with van der Waals surface area (Å²) in [4.78, 5) is 2.36. The summed E-state index contributed by atoms with van der Waals surface area (Å²) in [5.74, 6) is 1.71. The van der Waals surface area contributed by atoms with Gasteiger partial charge in [-0.3, -0.25) is 0 Å². The summed E-state index contributed by atoms with van der Waals surface area (Å²) in [5.41, 5.74) is 0.687. The average Bonchev–Trinajstić information content (AvgIpc) is 2.95. The third kappa shape index (κ3) is 2.87. The van der Waals surface area contributed by atoms with E-state index in [1.54, 1.807) is 0 Å². The average molecular weight is 275 g/mol. The maximum atomic E-state index is 4.51. The summed E-state index contributed by atoms with van der Waals surface area (Å²) < 4.78 is 1.50. The van der Waals surface area contributed by atoms with Gasteiger partial charge in [-0.25, -0.2) is 0 Å². The van der Waals surface area contributed by atoms with E-state index < -0.39 is 0 Å². The van der Waals surface area contributed by atoms with Gasteiger partial charge >= 0.3 is 0 Å². The maximum absolute atomic E-state index is 4.51. The molecule has 3 rings (SSSR count). The van der Waals surface area contributed by atoms with Crippen LogP contribution < -0.4 is 10.2 Å². The molecule has 0 amide bonds. The molecule has 7 heteroatoms. The fraction of sp³-hybridized carbons (Fsp3) is 0.692. The molecule has 1 aliphatic rings. The lowest BCUT2D eigenvalue weighted by Gasteiger charge is -2.30. The Morgan fingerprint density at radius 3 is 3.00 bits per heavy atom. The molecule has 20 heavy (non-hydrogen) atoms. The molecule has 0 saturated carbocycles. The van der Waals surface area contributed by atoms with E-state index in [4.69, 9.17) is 0 Å². The van der Waals surface area contributed by atoms with Gasteiger partial charge in [0.05, 0.1) is 0 Å². The van der Waals surface area contributed by atoms with Gasteiger partial charge in [0.2, 0.25) is 0 Å². The van der Waals surface area contributed by atoms with Crippen molar-refractivity contribution in [3.8, 4) is 0 Å². The monoisotopic (exact) mass is 275 g/mol. The Morgan fingerprint density at radius 1 is 1.35 bits per heavy atom. The zero-order chi connectivity index (χ0) is 13.8. The maximum Gasteiger partial charge on any atom is 0.200 e. The molecule has 0 aliphatic carbocycles. The first-order chi connectivity index (χ1) is 9.86. The highest BCUT2D eigenvalue weighted by Gasteiger charge is 2.18. The minimum absolute atomic E-state index is 0.687. The fourth-order valence-electron chi connectivity index (χ4n) is 2.75. The molecule has 0 aromatic carbocycles. The molecule has 1 aliphatic heterocycles. The van der Waals surface area contributed by atoms with Gasteiger partial charge < -0.3 is 10.2 Å². The summed E-state index contributed by atoms with van der Waals surface area (Å²) in [7, 11) is 0. The Kier molecular flexibility index (Phi) is 4.05. The van der Waals surface area contributed by atoms with Crippen molar-refractivity contribution in [2.24, 2.45) is 5.92 Å². The molecule has 108 valence electrons. The second-order valence-corrected chi connectivity index (χ2v) is 5.36.